The molecule has 0 saturated carbocycles. The maximum absolute atomic E-state index is 12.2. The first-order valence-electron chi connectivity index (χ1n) is 7.10. The van der Waals surface area contributed by atoms with Crippen LogP contribution >= 0.6 is 31.9 Å². The number of ether oxygens (including phenoxy) is 1. The molecule has 0 aliphatic heterocycles. The molecule has 0 heterocycles. The van der Waals surface area contributed by atoms with Gasteiger partial charge in [0.2, 0.25) is 10.0 Å². The van der Waals surface area contributed by atoms with E-state index in [9.17, 15) is 13.2 Å². The van der Waals surface area contributed by atoms with Gasteiger partial charge in [-0.1, -0.05) is 6.07 Å². The molecule has 0 unspecified atom stereocenters. The van der Waals surface area contributed by atoms with Crippen molar-refractivity contribution in [2.45, 2.75) is 18.7 Å². The number of anilines is 1. The third-order valence-corrected chi connectivity index (χ3v) is 5.65. The number of carbonyl (C=O) groups is 1. The number of sulfonamides is 1. The minimum absolute atomic E-state index is 0.0552. The maximum atomic E-state index is 12.2. The molecule has 0 aliphatic rings. The standard InChI is InChI=1S/C16H16Br2N2O4S/c1-9-6-11(25(19,22)23)7-14(10(9)2)20-15(21)8-24-16-12(17)4-3-5-13(16)18/h3-7H,8H2,1-2H3,(H,20,21)(H2,19,22,23). The second-order valence-electron chi connectivity index (χ2n) is 5.35. The average Bonchev–Trinajstić information content (AvgIpc) is 2.50. The SMILES string of the molecule is Cc1cc(S(N)(=O)=O)cc(NC(=O)COc2c(Br)cccc2Br)c1C. The van der Waals surface area contributed by atoms with E-state index in [-0.39, 0.29) is 11.5 Å². The first-order valence-corrected chi connectivity index (χ1v) is 10.2. The zero-order chi connectivity index (χ0) is 18.8. The molecule has 3 N–H and O–H groups in total. The van der Waals surface area contributed by atoms with Crippen LogP contribution in [0.2, 0.25) is 0 Å². The minimum atomic E-state index is -3.86. The maximum Gasteiger partial charge on any atom is 0.262 e. The van der Waals surface area contributed by atoms with E-state index in [0.29, 0.717) is 25.9 Å². The molecule has 2 aromatic carbocycles. The van der Waals surface area contributed by atoms with Crippen LogP contribution in [-0.2, 0) is 14.8 Å². The van der Waals surface area contributed by atoms with Gasteiger partial charge in [0.15, 0.2) is 6.61 Å². The summed E-state index contributed by atoms with van der Waals surface area (Å²) in [5.41, 5.74) is 1.84. The smallest absolute Gasteiger partial charge is 0.262 e. The molecule has 0 bridgehead atoms. The average molecular weight is 492 g/mol. The Hall–Kier alpha value is -1.42. The predicted molar refractivity (Wildman–Crippen MR) is 103 cm³/mol. The Morgan fingerprint density at radius 2 is 1.80 bits per heavy atom. The number of rotatable bonds is 5. The molecule has 0 aromatic heterocycles. The first-order chi connectivity index (χ1) is 11.6. The molecule has 0 spiro atoms. The van der Waals surface area contributed by atoms with Gasteiger partial charge in [-0.3, -0.25) is 4.79 Å². The summed E-state index contributed by atoms with van der Waals surface area (Å²) in [5.74, 6) is 0.0839. The van der Waals surface area contributed by atoms with Crippen LogP contribution in [0.15, 0.2) is 44.2 Å². The highest BCUT2D eigenvalue weighted by molar-refractivity contribution is 9.11. The Morgan fingerprint density at radius 1 is 1.20 bits per heavy atom. The normalized spacial score (nSPS) is 11.2. The lowest BCUT2D eigenvalue weighted by molar-refractivity contribution is -0.118. The zero-order valence-corrected chi connectivity index (χ0v) is 17.5. The van der Waals surface area contributed by atoms with Crippen LogP contribution in [0.4, 0.5) is 5.69 Å². The summed E-state index contributed by atoms with van der Waals surface area (Å²) >= 11 is 6.70. The lowest BCUT2D eigenvalue weighted by Gasteiger charge is -2.14. The van der Waals surface area contributed by atoms with Crippen molar-refractivity contribution in [3.05, 3.63) is 50.4 Å². The third kappa shape index (κ3) is 5.04. The number of nitrogens with one attached hydrogen (secondary N) is 1. The lowest BCUT2D eigenvalue weighted by atomic mass is 10.1. The van der Waals surface area contributed by atoms with Crippen molar-refractivity contribution in [3.8, 4) is 5.75 Å². The van der Waals surface area contributed by atoms with Crippen LogP contribution in [0.1, 0.15) is 11.1 Å². The number of nitrogens with two attached hydrogens (primary N) is 1. The van der Waals surface area contributed by atoms with Crippen LogP contribution in [0.5, 0.6) is 5.75 Å². The van der Waals surface area contributed by atoms with E-state index in [0.717, 1.165) is 5.56 Å². The largest absolute Gasteiger partial charge is 0.481 e. The summed E-state index contributed by atoms with van der Waals surface area (Å²) in [6.07, 6.45) is 0. The van der Waals surface area contributed by atoms with Gasteiger partial charge >= 0.3 is 0 Å². The fraction of sp³-hybridized carbons (Fsp3) is 0.188. The third-order valence-electron chi connectivity index (χ3n) is 3.51. The van der Waals surface area contributed by atoms with Crippen molar-refractivity contribution in [2.75, 3.05) is 11.9 Å². The number of carbonyl (C=O) groups excluding carboxylic acids is 1. The fourth-order valence-electron chi connectivity index (χ4n) is 2.06. The summed E-state index contributed by atoms with van der Waals surface area (Å²) in [5, 5.41) is 7.83. The Kier molecular flexibility index (Phi) is 6.26. The number of halogens is 2. The summed E-state index contributed by atoms with van der Waals surface area (Å²) < 4.78 is 30.0. The molecule has 1 amide bonds. The molecule has 0 saturated heterocycles. The van der Waals surface area contributed by atoms with Gasteiger partial charge in [-0.2, -0.15) is 0 Å². The predicted octanol–water partition coefficient (Wildman–Crippen LogP) is 3.49. The Labute approximate surface area is 163 Å². The molecular weight excluding hydrogens is 476 g/mol. The number of aryl methyl sites for hydroxylation is 1. The minimum Gasteiger partial charge on any atom is -0.481 e. The Bertz CT molecular complexity index is 910. The van der Waals surface area contributed by atoms with Crippen molar-refractivity contribution >= 4 is 53.5 Å². The molecule has 2 aromatic rings. The molecule has 0 fully saturated rings. The molecule has 0 aliphatic carbocycles. The number of hydrogen-bond acceptors (Lipinski definition) is 4. The number of amides is 1. The first kappa shape index (κ1) is 19.9. The van der Waals surface area contributed by atoms with Crippen LogP contribution < -0.4 is 15.2 Å². The second kappa shape index (κ2) is 7.86. The van der Waals surface area contributed by atoms with Crippen molar-refractivity contribution in [1.29, 1.82) is 0 Å². The number of benzene rings is 2. The number of para-hydroxylation sites is 1. The summed E-state index contributed by atoms with van der Waals surface area (Å²) in [6.45, 7) is 3.29. The Morgan fingerprint density at radius 3 is 2.36 bits per heavy atom. The molecule has 134 valence electrons. The van der Waals surface area contributed by atoms with Crippen molar-refractivity contribution in [2.24, 2.45) is 5.14 Å². The highest BCUT2D eigenvalue weighted by Crippen LogP contribution is 2.33. The van der Waals surface area contributed by atoms with Gasteiger partial charge in [0.05, 0.1) is 13.8 Å². The van der Waals surface area contributed by atoms with Gasteiger partial charge in [-0.25, -0.2) is 13.6 Å². The Balaban J connectivity index is 2.17. The molecule has 25 heavy (non-hydrogen) atoms. The van der Waals surface area contributed by atoms with Crippen LogP contribution in [0.25, 0.3) is 0 Å². The van der Waals surface area contributed by atoms with Gasteiger partial charge in [0.25, 0.3) is 5.91 Å². The van der Waals surface area contributed by atoms with E-state index < -0.39 is 15.9 Å². The molecular formula is C16H16Br2N2O4S. The molecule has 2 rings (SSSR count). The number of primary sulfonamides is 1. The van der Waals surface area contributed by atoms with Gasteiger partial charge in [-0.15, -0.1) is 0 Å². The van der Waals surface area contributed by atoms with Crippen LogP contribution in [0, 0.1) is 13.8 Å². The summed E-state index contributed by atoms with van der Waals surface area (Å²) in [6, 6.07) is 8.22. The monoisotopic (exact) mass is 490 g/mol. The molecule has 0 radical (unpaired) electrons. The van der Waals surface area contributed by atoms with Crippen molar-refractivity contribution in [1.82, 2.24) is 0 Å². The van der Waals surface area contributed by atoms with Gasteiger partial charge in [-0.05, 0) is 81.1 Å². The second-order valence-corrected chi connectivity index (χ2v) is 8.62. The van der Waals surface area contributed by atoms with Gasteiger partial charge < -0.3 is 10.1 Å². The number of hydrogen-bond donors (Lipinski definition) is 2. The van der Waals surface area contributed by atoms with E-state index in [1.54, 1.807) is 26.0 Å². The fourth-order valence-corrected chi connectivity index (χ4v) is 3.92. The van der Waals surface area contributed by atoms with Gasteiger partial charge in [0.1, 0.15) is 5.75 Å². The van der Waals surface area contributed by atoms with Crippen molar-refractivity contribution < 1.29 is 17.9 Å². The topological polar surface area (TPSA) is 98.5 Å². The highest BCUT2D eigenvalue weighted by Gasteiger charge is 2.15. The molecule has 9 heteroatoms. The van der Waals surface area contributed by atoms with E-state index >= 15 is 0 Å². The quantitative estimate of drug-likeness (QED) is 0.668. The summed E-state index contributed by atoms with van der Waals surface area (Å²) in [7, 11) is -3.86. The van der Waals surface area contributed by atoms with E-state index in [2.05, 4.69) is 37.2 Å². The van der Waals surface area contributed by atoms with Crippen LogP contribution in [-0.4, -0.2) is 20.9 Å². The lowest BCUT2D eigenvalue weighted by Crippen LogP contribution is -2.22. The van der Waals surface area contributed by atoms with E-state index in [4.69, 9.17) is 9.88 Å². The van der Waals surface area contributed by atoms with E-state index in [1.807, 2.05) is 6.07 Å². The summed E-state index contributed by atoms with van der Waals surface area (Å²) in [4.78, 5) is 12.1. The van der Waals surface area contributed by atoms with Crippen molar-refractivity contribution in [3.63, 3.8) is 0 Å². The van der Waals surface area contributed by atoms with Gasteiger partial charge in [0, 0.05) is 5.69 Å². The van der Waals surface area contributed by atoms with Crippen LogP contribution in [0.3, 0.4) is 0 Å². The molecule has 0 atom stereocenters. The molecule has 6 nitrogen and oxygen atoms in total. The highest BCUT2D eigenvalue weighted by atomic mass is 79.9. The zero-order valence-electron chi connectivity index (χ0n) is 13.5. The van der Waals surface area contributed by atoms with E-state index in [1.165, 1.54) is 12.1 Å².